The van der Waals surface area contributed by atoms with Crippen LogP contribution in [-0.4, -0.2) is 42.2 Å². The summed E-state index contributed by atoms with van der Waals surface area (Å²) in [4.78, 5) is 18.6. The van der Waals surface area contributed by atoms with Crippen LogP contribution in [-0.2, 0) is 21.2 Å². The molecule has 0 aliphatic heterocycles. The van der Waals surface area contributed by atoms with Crippen molar-refractivity contribution in [3.63, 3.8) is 0 Å². The van der Waals surface area contributed by atoms with Crippen molar-refractivity contribution in [2.75, 3.05) is 0 Å². The molecule has 0 bridgehead atoms. The minimum absolute atomic E-state index is 0.0294. The van der Waals surface area contributed by atoms with Gasteiger partial charge in [0, 0.05) is 0 Å². The number of pyridine rings is 1. The third-order valence-electron chi connectivity index (χ3n) is 4.05. The fourth-order valence-corrected chi connectivity index (χ4v) is 6.07. The predicted molar refractivity (Wildman–Crippen MR) is 115 cm³/mol. The van der Waals surface area contributed by atoms with Gasteiger partial charge in [0.25, 0.3) is 0 Å². The molecule has 8 heteroatoms. The average molecular weight is 511 g/mol. The molecule has 0 aliphatic rings. The second-order valence-corrected chi connectivity index (χ2v) is 14.5. The van der Waals surface area contributed by atoms with Gasteiger partial charge in [0.2, 0.25) is 0 Å². The molecule has 0 unspecified atom stereocenters. The normalized spacial score (nSPS) is 11.9. The first kappa shape index (κ1) is 20.2. The Hall–Kier alpha value is -1.56. The zero-order valence-corrected chi connectivity index (χ0v) is 19.7. The number of carbonyl (C=O) groups excluding carboxylic acids is 1. The van der Waals surface area contributed by atoms with E-state index in [-0.39, 0.29) is 17.1 Å². The van der Waals surface area contributed by atoms with E-state index < -0.39 is 24.2 Å². The second-order valence-electron chi connectivity index (χ2n) is 6.66. The number of rotatable bonds is 5. The Labute approximate surface area is 171 Å². The first-order chi connectivity index (χ1) is 12.7. The van der Waals surface area contributed by atoms with Crippen molar-refractivity contribution in [3.05, 3.63) is 58.3 Å². The van der Waals surface area contributed by atoms with Crippen molar-refractivity contribution in [3.8, 4) is 0 Å². The Morgan fingerprint density at radius 2 is 1.93 bits per heavy atom. The zero-order valence-electron chi connectivity index (χ0n) is 15.2. The van der Waals surface area contributed by atoms with E-state index >= 15 is 0 Å². The Morgan fingerprint density at radius 3 is 2.56 bits per heavy atom. The number of ketones is 1. The summed E-state index contributed by atoms with van der Waals surface area (Å²) < 4.78 is 28.2. The van der Waals surface area contributed by atoms with E-state index in [2.05, 4.69) is 32.3 Å². The monoisotopic (exact) mass is 510 g/mol. The van der Waals surface area contributed by atoms with Gasteiger partial charge in [-0.2, -0.15) is 0 Å². The van der Waals surface area contributed by atoms with Crippen LogP contribution in [0, 0.1) is 6.92 Å². The Morgan fingerprint density at radius 1 is 1.26 bits per heavy atom. The second kappa shape index (κ2) is 7.82. The molecular weight excluding hydrogens is 491 g/mol. The molecule has 0 saturated heterocycles. The minimum atomic E-state index is -3.81. The summed E-state index contributed by atoms with van der Waals surface area (Å²) in [6.45, 7) is 1.90. The Balaban J connectivity index is 2.18. The van der Waals surface area contributed by atoms with Gasteiger partial charge in [-0.25, -0.2) is 0 Å². The summed E-state index contributed by atoms with van der Waals surface area (Å²) in [5.41, 5.74) is 6.16. The molecule has 0 fully saturated rings. The molecule has 0 amide bonds. The van der Waals surface area contributed by atoms with Crippen LogP contribution in [0.25, 0.3) is 11.0 Å². The van der Waals surface area contributed by atoms with Crippen molar-refractivity contribution in [2.45, 2.75) is 29.7 Å². The number of halogens is 1. The van der Waals surface area contributed by atoms with Crippen LogP contribution < -0.4 is 0 Å². The van der Waals surface area contributed by atoms with Crippen LogP contribution in [0.1, 0.15) is 11.1 Å². The van der Waals surface area contributed by atoms with Gasteiger partial charge in [-0.3, -0.25) is 0 Å². The standard InChI is InChI=1S/C19H20AsBrN2O3S/c1-13-4-6-17(7-5-13)27(25,26)23-12-14(8-16(24)10-20(2)3)18-9-15(21)11-22-19(18)23/h4-7,9-12,20H,8H2,1-3H3. The maximum absolute atomic E-state index is 13.1. The van der Waals surface area contributed by atoms with Gasteiger partial charge in [0.15, 0.2) is 0 Å². The van der Waals surface area contributed by atoms with Gasteiger partial charge < -0.3 is 0 Å². The molecule has 0 N–H and O–H groups in total. The van der Waals surface area contributed by atoms with Crippen LogP contribution >= 0.6 is 15.9 Å². The number of benzene rings is 1. The van der Waals surface area contributed by atoms with Gasteiger partial charge >= 0.3 is 172 Å². The topological polar surface area (TPSA) is 69.0 Å². The molecule has 3 aromatic rings. The van der Waals surface area contributed by atoms with Crippen molar-refractivity contribution < 1.29 is 13.2 Å². The van der Waals surface area contributed by atoms with E-state index in [0.717, 1.165) is 10.0 Å². The SMILES string of the molecule is Cc1ccc(S(=O)(=O)n2cc(CC(=O)C=[AsH](C)C)c3cc(Br)cnc32)cc1. The van der Waals surface area contributed by atoms with E-state index in [9.17, 15) is 13.2 Å². The number of hydrogen-bond donors (Lipinski definition) is 0. The molecule has 0 spiro atoms. The van der Waals surface area contributed by atoms with Crippen LogP contribution in [0.3, 0.4) is 0 Å². The Kier molecular flexibility index (Phi) is 5.84. The average Bonchev–Trinajstić information content (AvgIpc) is 2.93. The predicted octanol–water partition coefficient (Wildman–Crippen LogP) is 3.33. The number of aromatic nitrogens is 2. The van der Waals surface area contributed by atoms with E-state index in [1.165, 1.54) is 10.2 Å². The number of aryl methyl sites for hydroxylation is 1. The molecule has 5 nitrogen and oxygen atoms in total. The molecular formula is C19H20AsBrN2O3S. The van der Waals surface area contributed by atoms with Crippen LogP contribution in [0.5, 0.6) is 0 Å². The van der Waals surface area contributed by atoms with Crippen molar-refractivity contribution in [1.29, 1.82) is 0 Å². The van der Waals surface area contributed by atoms with E-state index in [4.69, 9.17) is 0 Å². The van der Waals surface area contributed by atoms with Gasteiger partial charge in [-0.05, 0) is 0 Å². The quantitative estimate of drug-likeness (QED) is 0.493. The van der Waals surface area contributed by atoms with E-state index in [0.29, 0.717) is 16.6 Å². The van der Waals surface area contributed by atoms with Gasteiger partial charge in [0.05, 0.1) is 0 Å². The summed E-state index contributed by atoms with van der Waals surface area (Å²) in [5.74, 6) is 0.0294. The van der Waals surface area contributed by atoms with E-state index in [1.807, 2.05) is 11.7 Å². The summed E-state index contributed by atoms with van der Waals surface area (Å²) in [7, 11) is -3.81. The zero-order chi connectivity index (χ0) is 19.8. The van der Waals surface area contributed by atoms with Crippen molar-refractivity contribution in [2.24, 2.45) is 0 Å². The molecule has 1 aromatic carbocycles. The molecule has 0 atom stereocenters. The molecule has 0 radical (unpaired) electrons. The Bertz CT molecular complexity index is 1160. The summed E-state index contributed by atoms with van der Waals surface area (Å²) in [6.07, 6.45) is 3.25. The number of fused-ring (bicyclic) bond motifs is 1. The van der Waals surface area contributed by atoms with Gasteiger partial charge in [-0.15, -0.1) is 0 Å². The van der Waals surface area contributed by atoms with Crippen LogP contribution in [0.2, 0.25) is 11.4 Å². The van der Waals surface area contributed by atoms with Crippen LogP contribution in [0.15, 0.2) is 52.1 Å². The number of nitrogens with zero attached hydrogens (tertiary/aromatic N) is 2. The molecule has 142 valence electrons. The van der Waals surface area contributed by atoms with Crippen molar-refractivity contribution in [1.82, 2.24) is 8.96 Å². The van der Waals surface area contributed by atoms with Gasteiger partial charge in [-0.1, -0.05) is 0 Å². The molecule has 27 heavy (non-hydrogen) atoms. The summed E-state index contributed by atoms with van der Waals surface area (Å²) >= 11 is 1.98. The maximum atomic E-state index is 13.1. The number of carbonyl (C=O) groups is 1. The van der Waals surface area contributed by atoms with Crippen LogP contribution in [0.4, 0.5) is 0 Å². The molecule has 2 heterocycles. The number of Topliss-reactive ketones (excluding diaryl/α,β-unsaturated/α-hetero) is 1. The summed E-state index contributed by atoms with van der Waals surface area (Å²) in [5, 5.41) is 0.663. The molecule has 2 aromatic heterocycles. The molecule has 3 rings (SSSR count). The molecule has 0 saturated carbocycles. The first-order valence-corrected chi connectivity index (χ1v) is 16.0. The van der Waals surface area contributed by atoms with Gasteiger partial charge in [0.1, 0.15) is 0 Å². The van der Waals surface area contributed by atoms with Crippen molar-refractivity contribution >= 4 is 61.8 Å². The third-order valence-corrected chi connectivity index (χ3v) is 8.04. The summed E-state index contributed by atoms with van der Waals surface area (Å²) in [6, 6.07) is 8.49. The fraction of sp³-hybridized carbons (Fsp3) is 0.211. The fourth-order valence-electron chi connectivity index (χ4n) is 2.82. The number of hydrogen-bond acceptors (Lipinski definition) is 4. The van der Waals surface area contributed by atoms with E-state index in [1.54, 1.807) is 36.5 Å². The first-order valence-electron chi connectivity index (χ1n) is 8.34. The molecule has 0 aliphatic carbocycles. The third kappa shape index (κ3) is 4.31.